The van der Waals surface area contributed by atoms with Crippen molar-refractivity contribution in [2.75, 3.05) is 6.54 Å². The number of benzene rings is 1. The van der Waals surface area contributed by atoms with Crippen molar-refractivity contribution in [2.24, 2.45) is 5.73 Å². The number of carbonyl (C=O) groups is 2. The number of nitrogens with one attached hydrogen (secondary N) is 1. The number of hydrogen-bond donors (Lipinski definition) is 2. The van der Waals surface area contributed by atoms with E-state index in [1.807, 2.05) is 30.3 Å². The first-order valence-electron chi connectivity index (χ1n) is 5.33. The number of nitrogens with zero attached hydrogens (tertiary/aromatic N) is 2. The van der Waals surface area contributed by atoms with Crippen LogP contribution in [0.4, 0.5) is 0 Å². The zero-order valence-electron chi connectivity index (χ0n) is 9.54. The van der Waals surface area contributed by atoms with Gasteiger partial charge < -0.3 is 11.1 Å². The molecular formula is C12H12N4O2. The Morgan fingerprint density at radius 1 is 1.28 bits per heavy atom. The van der Waals surface area contributed by atoms with Crippen LogP contribution in [-0.2, 0) is 4.79 Å². The SMILES string of the molecule is NC(=O)CNC(=O)c1cncn1-c1ccccc1. The van der Waals surface area contributed by atoms with E-state index < -0.39 is 11.8 Å². The van der Waals surface area contributed by atoms with Gasteiger partial charge in [0, 0.05) is 5.69 Å². The second-order valence-electron chi connectivity index (χ2n) is 3.63. The summed E-state index contributed by atoms with van der Waals surface area (Å²) in [5.41, 5.74) is 6.14. The highest BCUT2D eigenvalue weighted by Gasteiger charge is 2.12. The van der Waals surface area contributed by atoms with Crippen LogP contribution in [0.15, 0.2) is 42.9 Å². The number of amides is 2. The van der Waals surface area contributed by atoms with Gasteiger partial charge in [0.15, 0.2) is 0 Å². The molecule has 0 spiro atoms. The van der Waals surface area contributed by atoms with E-state index in [2.05, 4.69) is 10.3 Å². The topological polar surface area (TPSA) is 90.0 Å². The minimum atomic E-state index is -0.589. The van der Waals surface area contributed by atoms with Crippen molar-refractivity contribution in [1.82, 2.24) is 14.9 Å². The van der Waals surface area contributed by atoms with Crippen molar-refractivity contribution >= 4 is 11.8 Å². The third kappa shape index (κ3) is 2.54. The Morgan fingerprint density at radius 3 is 2.67 bits per heavy atom. The van der Waals surface area contributed by atoms with Gasteiger partial charge >= 0.3 is 0 Å². The predicted octanol–water partition coefficient (Wildman–Crippen LogP) is 0.0874. The summed E-state index contributed by atoms with van der Waals surface area (Å²) in [7, 11) is 0. The third-order valence-corrected chi connectivity index (χ3v) is 2.33. The van der Waals surface area contributed by atoms with E-state index in [-0.39, 0.29) is 6.54 Å². The molecule has 0 radical (unpaired) electrons. The molecule has 0 atom stereocenters. The lowest BCUT2D eigenvalue weighted by atomic mass is 10.3. The average Bonchev–Trinajstić information content (AvgIpc) is 2.86. The first kappa shape index (κ1) is 11.8. The lowest BCUT2D eigenvalue weighted by molar-refractivity contribution is -0.117. The van der Waals surface area contributed by atoms with Crippen LogP contribution in [0.3, 0.4) is 0 Å². The van der Waals surface area contributed by atoms with Crippen LogP contribution in [0.5, 0.6) is 0 Å². The Balaban J connectivity index is 2.23. The summed E-state index contributed by atoms with van der Waals surface area (Å²) in [6.45, 7) is -0.196. The zero-order chi connectivity index (χ0) is 13.0. The minimum absolute atomic E-state index is 0.196. The van der Waals surface area contributed by atoms with E-state index in [1.165, 1.54) is 12.5 Å². The van der Waals surface area contributed by atoms with Crippen LogP contribution in [0.25, 0.3) is 5.69 Å². The van der Waals surface area contributed by atoms with Crippen LogP contribution in [0.2, 0.25) is 0 Å². The number of hydrogen-bond acceptors (Lipinski definition) is 3. The number of para-hydroxylation sites is 1. The van der Waals surface area contributed by atoms with Crippen molar-refractivity contribution in [3.05, 3.63) is 48.5 Å². The smallest absolute Gasteiger partial charge is 0.270 e. The van der Waals surface area contributed by atoms with Crippen LogP contribution in [0.1, 0.15) is 10.5 Å². The largest absolute Gasteiger partial charge is 0.368 e. The number of nitrogens with two attached hydrogens (primary N) is 1. The number of imidazole rings is 1. The van der Waals surface area contributed by atoms with E-state index in [9.17, 15) is 9.59 Å². The maximum absolute atomic E-state index is 11.8. The van der Waals surface area contributed by atoms with E-state index in [0.29, 0.717) is 5.69 Å². The van der Waals surface area contributed by atoms with Gasteiger partial charge in [-0.2, -0.15) is 0 Å². The molecule has 0 unspecified atom stereocenters. The Hall–Kier alpha value is -2.63. The number of aromatic nitrogens is 2. The summed E-state index contributed by atoms with van der Waals surface area (Å²) in [6, 6.07) is 9.31. The van der Waals surface area contributed by atoms with Crippen molar-refractivity contribution in [1.29, 1.82) is 0 Å². The molecule has 3 N–H and O–H groups in total. The summed E-state index contributed by atoms with van der Waals surface area (Å²) in [5.74, 6) is -0.982. The first-order valence-corrected chi connectivity index (χ1v) is 5.33. The highest BCUT2D eigenvalue weighted by atomic mass is 16.2. The Labute approximate surface area is 103 Å². The van der Waals surface area contributed by atoms with E-state index in [4.69, 9.17) is 5.73 Å². The molecule has 0 saturated carbocycles. The molecule has 2 rings (SSSR count). The molecule has 0 aliphatic carbocycles. The highest BCUT2D eigenvalue weighted by molar-refractivity contribution is 5.95. The number of primary amides is 1. The van der Waals surface area contributed by atoms with E-state index in [0.717, 1.165) is 5.69 Å². The molecule has 1 heterocycles. The second-order valence-corrected chi connectivity index (χ2v) is 3.63. The molecule has 1 aromatic carbocycles. The number of carbonyl (C=O) groups excluding carboxylic acids is 2. The summed E-state index contributed by atoms with van der Waals surface area (Å²) in [6.07, 6.45) is 2.97. The molecule has 1 aromatic heterocycles. The lowest BCUT2D eigenvalue weighted by Gasteiger charge is -2.07. The van der Waals surface area contributed by atoms with Crippen molar-refractivity contribution in [2.45, 2.75) is 0 Å². The molecule has 18 heavy (non-hydrogen) atoms. The number of rotatable bonds is 4. The van der Waals surface area contributed by atoms with Gasteiger partial charge in [-0.05, 0) is 12.1 Å². The summed E-state index contributed by atoms with van der Waals surface area (Å²) in [5, 5.41) is 2.42. The summed E-state index contributed by atoms with van der Waals surface area (Å²) in [4.78, 5) is 26.4. The fourth-order valence-electron chi connectivity index (χ4n) is 1.52. The average molecular weight is 244 g/mol. The van der Waals surface area contributed by atoms with Crippen molar-refractivity contribution < 1.29 is 9.59 Å². The molecule has 0 fully saturated rings. The maximum Gasteiger partial charge on any atom is 0.270 e. The molecule has 2 aromatic rings. The van der Waals surface area contributed by atoms with Gasteiger partial charge in [0.05, 0.1) is 19.1 Å². The highest BCUT2D eigenvalue weighted by Crippen LogP contribution is 2.10. The van der Waals surface area contributed by atoms with Gasteiger partial charge in [-0.25, -0.2) is 4.98 Å². The van der Waals surface area contributed by atoms with Crippen molar-refractivity contribution in [3.8, 4) is 5.69 Å². The quantitative estimate of drug-likeness (QED) is 0.798. The van der Waals surface area contributed by atoms with Crippen LogP contribution in [0, 0.1) is 0 Å². The van der Waals surface area contributed by atoms with Crippen LogP contribution < -0.4 is 11.1 Å². The molecule has 2 amide bonds. The van der Waals surface area contributed by atoms with Gasteiger partial charge in [0.25, 0.3) is 5.91 Å². The Bertz CT molecular complexity index is 562. The van der Waals surface area contributed by atoms with Gasteiger partial charge in [0.2, 0.25) is 5.91 Å². The molecule has 0 saturated heterocycles. The van der Waals surface area contributed by atoms with Gasteiger partial charge in [0.1, 0.15) is 5.69 Å². The van der Waals surface area contributed by atoms with Crippen LogP contribution in [-0.4, -0.2) is 27.9 Å². The second kappa shape index (κ2) is 5.13. The predicted molar refractivity (Wildman–Crippen MR) is 65.1 cm³/mol. The molecule has 92 valence electrons. The van der Waals surface area contributed by atoms with E-state index >= 15 is 0 Å². The molecule has 6 nitrogen and oxygen atoms in total. The van der Waals surface area contributed by atoms with Gasteiger partial charge in [-0.3, -0.25) is 14.2 Å². The molecule has 0 bridgehead atoms. The fourth-order valence-corrected chi connectivity index (χ4v) is 1.52. The molecular weight excluding hydrogens is 232 g/mol. The van der Waals surface area contributed by atoms with Crippen LogP contribution >= 0.6 is 0 Å². The van der Waals surface area contributed by atoms with Gasteiger partial charge in [-0.15, -0.1) is 0 Å². The Morgan fingerprint density at radius 2 is 2.00 bits per heavy atom. The monoisotopic (exact) mass is 244 g/mol. The summed E-state index contributed by atoms with van der Waals surface area (Å²) >= 11 is 0. The molecule has 0 aliphatic rings. The first-order chi connectivity index (χ1) is 8.68. The minimum Gasteiger partial charge on any atom is -0.368 e. The Kier molecular flexibility index (Phi) is 3.38. The molecule has 6 heteroatoms. The standard InChI is InChI=1S/C12H12N4O2/c13-11(17)7-15-12(18)10-6-14-8-16(10)9-4-2-1-3-5-9/h1-6,8H,7H2,(H2,13,17)(H,15,18). The zero-order valence-corrected chi connectivity index (χ0v) is 9.54. The maximum atomic E-state index is 11.8. The lowest BCUT2D eigenvalue weighted by Crippen LogP contribution is -2.34. The summed E-state index contributed by atoms with van der Waals surface area (Å²) < 4.78 is 1.64. The van der Waals surface area contributed by atoms with E-state index in [1.54, 1.807) is 4.57 Å². The molecule has 0 aliphatic heterocycles. The normalized spacial score (nSPS) is 10.0. The third-order valence-electron chi connectivity index (χ3n) is 2.33. The van der Waals surface area contributed by atoms with Gasteiger partial charge in [-0.1, -0.05) is 18.2 Å². The van der Waals surface area contributed by atoms with Crippen molar-refractivity contribution in [3.63, 3.8) is 0 Å². The fraction of sp³-hybridized carbons (Fsp3) is 0.0833.